The van der Waals surface area contributed by atoms with Gasteiger partial charge in [0.2, 0.25) is 0 Å². The largest absolute Gasteiger partial charge is 0.380 e. The normalized spacial score (nSPS) is 19.4. The van der Waals surface area contributed by atoms with Gasteiger partial charge in [0.05, 0.1) is 6.61 Å². The van der Waals surface area contributed by atoms with Gasteiger partial charge in [-0.3, -0.25) is 9.89 Å². The van der Waals surface area contributed by atoms with E-state index in [2.05, 4.69) is 27.8 Å². The third-order valence-corrected chi connectivity index (χ3v) is 6.69. The van der Waals surface area contributed by atoms with Crippen molar-refractivity contribution in [2.75, 3.05) is 32.1 Å². The van der Waals surface area contributed by atoms with Crippen LogP contribution < -0.4 is 10.6 Å². The van der Waals surface area contributed by atoms with Gasteiger partial charge in [-0.15, -0.1) is 11.3 Å². The first-order chi connectivity index (χ1) is 14.6. The number of anilines is 2. The molecule has 8 nitrogen and oxygen atoms in total. The number of carbonyl (C=O) groups excluding carboxylic acids is 1. The molecule has 0 unspecified atom stereocenters. The topological polar surface area (TPSA) is 95.2 Å². The molecular weight excluding hydrogens is 400 g/mol. The first-order valence-electron chi connectivity index (χ1n) is 10.4. The molecule has 3 aromatic heterocycles. The first-order valence-corrected chi connectivity index (χ1v) is 11.3. The van der Waals surface area contributed by atoms with E-state index < -0.39 is 0 Å². The number of nitrogens with one attached hydrogen (secondary N) is 3. The highest BCUT2D eigenvalue weighted by molar-refractivity contribution is 7.17. The molecule has 1 saturated carbocycles. The minimum atomic E-state index is -0.0468. The number of pyridine rings is 1. The van der Waals surface area contributed by atoms with Crippen LogP contribution in [0.25, 0.3) is 10.1 Å². The summed E-state index contributed by atoms with van der Waals surface area (Å²) in [6.07, 6.45) is 2.42. The Bertz CT molecular complexity index is 1070. The Morgan fingerprint density at radius 3 is 3.07 bits per heavy atom. The number of H-pyrrole nitrogens is 1. The van der Waals surface area contributed by atoms with Crippen LogP contribution in [0.5, 0.6) is 0 Å². The SMILES string of the molecule is COCc1c(C(=O)N2CCN[C@H](C)C2)nc(Nc2cc(C3CC3)[nH]n2)c2ccsc12. The number of thiophene rings is 1. The van der Waals surface area contributed by atoms with Crippen LogP contribution in [-0.4, -0.2) is 58.8 Å². The summed E-state index contributed by atoms with van der Waals surface area (Å²) in [7, 11) is 1.65. The van der Waals surface area contributed by atoms with Gasteiger partial charge in [-0.1, -0.05) is 0 Å². The van der Waals surface area contributed by atoms with Crippen LogP contribution in [0.3, 0.4) is 0 Å². The van der Waals surface area contributed by atoms with Crippen molar-refractivity contribution in [1.29, 1.82) is 0 Å². The number of nitrogens with zero attached hydrogens (tertiary/aromatic N) is 3. The first kappa shape index (κ1) is 19.5. The zero-order valence-electron chi connectivity index (χ0n) is 17.2. The zero-order valence-corrected chi connectivity index (χ0v) is 18.0. The molecule has 1 aliphatic carbocycles. The van der Waals surface area contributed by atoms with E-state index in [1.165, 1.54) is 12.8 Å². The fourth-order valence-electron chi connectivity index (χ4n) is 4.02. The summed E-state index contributed by atoms with van der Waals surface area (Å²) >= 11 is 1.61. The summed E-state index contributed by atoms with van der Waals surface area (Å²) in [5.41, 5.74) is 2.47. The van der Waals surface area contributed by atoms with E-state index in [0.29, 0.717) is 37.1 Å². The molecule has 1 amide bonds. The quantitative estimate of drug-likeness (QED) is 0.560. The Kier molecular flexibility index (Phi) is 5.18. The summed E-state index contributed by atoms with van der Waals surface area (Å²) in [4.78, 5) is 20.1. The minimum absolute atomic E-state index is 0.0468. The summed E-state index contributed by atoms with van der Waals surface area (Å²) < 4.78 is 6.47. The predicted molar refractivity (Wildman–Crippen MR) is 118 cm³/mol. The van der Waals surface area contributed by atoms with Gasteiger partial charge in [0.25, 0.3) is 5.91 Å². The lowest BCUT2D eigenvalue weighted by molar-refractivity contribution is 0.0698. The van der Waals surface area contributed by atoms with Gasteiger partial charge in [-0.2, -0.15) is 5.10 Å². The third-order valence-electron chi connectivity index (χ3n) is 5.71. The third kappa shape index (κ3) is 3.68. The molecule has 2 fully saturated rings. The standard InChI is InChI=1S/C21H26N6O2S/c1-12-10-27(7-6-22-12)21(28)18-15(11-29-2)19-14(5-8-30-19)20(24-18)23-17-9-16(25-26-17)13-3-4-13/h5,8-9,12-13,22H,3-4,6-7,10-11H2,1-2H3,(H2,23,24,25,26)/t12-/m1/s1. The number of aromatic nitrogens is 3. The highest BCUT2D eigenvalue weighted by atomic mass is 32.1. The van der Waals surface area contributed by atoms with Crippen LogP contribution in [-0.2, 0) is 11.3 Å². The van der Waals surface area contributed by atoms with Gasteiger partial charge in [-0.25, -0.2) is 4.98 Å². The molecule has 5 rings (SSSR count). The van der Waals surface area contributed by atoms with Gasteiger partial charge in [0.15, 0.2) is 5.82 Å². The Balaban J connectivity index is 1.54. The molecule has 4 heterocycles. The molecule has 1 aliphatic heterocycles. The predicted octanol–water partition coefficient (Wildman–Crippen LogP) is 3.22. The maximum atomic E-state index is 13.4. The molecule has 1 saturated heterocycles. The average molecular weight is 427 g/mol. The molecule has 3 N–H and O–H groups in total. The minimum Gasteiger partial charge on any atom is -0.380 e. The average Bonchev–Trinajstić information content (AvgIpc) is 3.28. The van der Waals surface area contributed by atoms with Crippen molar-refractivity contribution in [2.45, 2.75) is 38.3 Å². The Morgan fingerprint density at radius 2 is 2.30 bits per heavy atom. The Labute approximate surface area is 179 Å². The molecule has 2 aliphatic rings. The Hall–Kier alpha value is -2.49. The van der Waals surface area contributed by atoms with Crippen LogP contribution >= 0.6 is 11.3 Å². The summed E-state index contributed by atoms with van der Waals surface area (Å²) in [6.45, 7) is 4.57. The molecule has 9 heteroatoms. The monoisotopic (exact) mass is 426 g/mol. The fourth-order valence-corrected chi connectivity index (χ4v) is 4.95. The van der Waals surface area contributed by atoms with Crippen molar-refractivity contribution in [3.8, 4) is 0 Å². The number of fused-ring (bicyclic) bond motifs is 1. The molecule has 1 atom stereocenters. The lowest BCUT2D eigenvalue weighted by atomic mass is 10.1. The smallest absolute Gasteiger partial charge is 0.273 e. The number of amides is 1. The van der Waals surface area contributed by atoms with Gasteiger partial charge in [0.1, 0.15) is 11.5 Å². The van der Waals surface area contributed by atoms with Gasteiger partial charge >= 0.3 is 0 Å². The molecular formula is C21H26N6O2S. The van der Waals surface area contributed by atoms with Crippen LogP contribution in [0.1, 0.15) is 47.4 Å². The molecule has 158 valence electrons. The van der Waals surface area contributed by atoms with Crippen molar-refractivity contribution < 1.29 is 9.53 Å². The molecule has 3 aromatic rings. The van der Waals surface area contributed by atoms with Gasteiger partial charge in [-0.05, 0) is 31.2 Å². The van der Waals surface area contributed by atoms with Crippen molar-refractivity contribution in [2.24, 2.45) is 0 Å². The second kappa shape index (κ2) is 7.98. The van der Waals surface area contributed by atoms with E-state index in [0.717, 1.165) is 33.7 Å². The maximum absolute atomic E-state index is 13.4. The number of aromatic amines is 1. The van der Waals surface area contributed by atoms with E-state index >= 15 is 0 Å². The lowest BCUT2D eigenvalue weighted by Gasteiger charge is -2.32. The number of hydrogen-bond acceptors (Lipinski definition) is 7. The van der Waals surface area contributed by atoms with Gasteiger partial charge < -0.3 is 20.3 Å². The van der Waals surface area contributed by atoms with Crippen molar-refractivity contribution >= 4 is 39.0 Å². The second-order valence-electron chi connectivity index (χ2n) is 8.10. The Morgan fingerprint density at radius 1 is 1.43 bits per heavy atom. The van der Waals surface area contributed by atoms with E-state index in [9.17, 15) is 4.79 Å². The zero-order chi connectivity index (χ0) is 20.7. The van der Waals surface area contributed by atoms with Crippen LogP contribution in [0.4, 0.5) is 11.6 Å². The van der Waals surface area contributed by atoms with E-state index in [-0.39, 0.29) is 11.9 Å². The summed E-state index contributed by atoms with van der Waals surface area (Å²) in [5.74, 6) is 1.93. The molecule has 0 radical (unpaired) electrons. The van der Waals surface area contributed by atoms with E-state index in [1.807, 2.05) is 22.4 Å². The molecule has 30 heavy (non-hydrogen) atoms. The summed E-state index contributed by atoms with van der Waals surface area (Å²) in [6, 6.07) is 4.34. The molecule has 0 aromatic carbocycles. The number of methoxy groups -OCH3 is 1. The van der Waals surface area contributed by atoms with Crippen LogP contribution in [0.15, 0.2) is 17.5 Å². The molecule has 0 bridgehead atoms. The van der Waals surface area contributed by atoms with E-state index in [4.69, 9.17) is 9.72 Å². The maximum Gasteiger partial charge on any atom is 0.273 e. The van der Waals surface area contributed by atoms with Gasteiger partial charge in [0, 0.05) is 66.1 Å². The van der Waals surface area contributed by atoms with Crippen molar-refractivity contribution in [3.63, 3.8) is 0 Å². The highest BCUT2D eigenvalue weighted by Gasteiger charge is 2.28. The van der Waals surface area contributed by atoms with E-state index in [1.54, 1.807) is 18.4 Å². The number of hydrogen-bond donors (Lipinski definition) is 3. The second-order valence-corrected chi connectivity index (χ2v) is 9.01. The summed E-state index contributed by atoms with van der Waals surface area (Å²) in [5, 5.41) is 17.2. The molecule has 0 spiro atoms. The van der Waals surface area contributed by atoms with Crippen LogP contribution in [0.2, 0.25) is 0 Å². The van der Waals surface area contributed by atoms with Crippen LogP contribution in [0, 0.1) is 0 Å². The number of ether oxygens (including phenoxy) is 1. The number of piperazine rings is 1. The number of carbonyl (C=O) groups is 1. The fraction of sp³-hybridized carbons (Fsp3) is 0.476. The van der Waals surface area contributed by atoms with Crippen molar-refractivity contribution in [1.82, 2.24) is 25.4 Å². The lowest BCUT2D eigenvalue weighted by Crippen LogP contribution is -2.51. The highest BCUT2D eigenvalue weighted by Crippen LogP contribution is 2.40. The van der Waals surface area contributed by atoms with Crippen molar-refractivity contribution in [3.05, 3.63) is 34.5 Å². The number of rotatable bonds is 6.